The number of nitrogens with zero attached hydrogens (tertiary/aromatic N) is 2. The lowest BCUT2D eigenvalue weighted by Crippen LogP contribution is -2.56. The van der Waals surface area contributed by atoms with E-state index in [1.165, 1.54) is 32.1 Å². The molecular formula is C18H27N3O2. The van der Waals surface area contributed by atoms with E-state index in [9.17, 15) is 9.59 Å². The Morgan fingerprint density at radius 1 is 1.13 bits per heavy atom. The second-order valence-electron chi connectivity index (χ2n) is 7.00. The van der Waals surface area contributed by atoms with Crippen LogP contribution in [0.25, 0.3) is 0 Å². The fourth-order valence-corrected chi connectivity index (χ4v) is 4.14. The van der Waals surface area contributed by atoms with Crippen molar-refractivity contribution in [1.29, 1.82) is 0 Å². The first-order valence-electron chi connectivity index (χ1n) is 8.81. The first-order valence-corrected chi connectivity index (χ1v) is 8.81. The van der Waals surface area contributed by atoms with Gasteiger partial charge in [0, 0.05) is 25.3 Å². The highest BCUT2D eigenvalue weighted by Crippen LogP contribution is 2.36. The number of aromatic nitrogens is 1. The predicted molar refractivity (Wildman–Crippen MR) is 89.4 cm³/mol. The molecule has 1 aliphatic carbocycles. The number of hydrogen-bond donors (Lipinski definition) is 1. The van der Waals surface area contributed by atoms with E-state index in [0.29, 0.717) is 12.2 Å². The smallest absolute Gasteiger partial charge is 0.294 e. The van der Waals surface area contributed by atoms with Crippen molar-refractivity contribution in [3.63, 3.8) is 0 Å². The van der Waals surface area contributed by atoms with Crippen LogP contribution in [-0.4, -0.2) is 46.3 Å². The Balaban J connectivity index is 1.64. The predicted octanol–water partition coefficient (Wildman–Crippen LogP) is 2.12. The number of amides is 1. The van der Waals surface area contributed by atoms with Gasteiger partial charge in [0.2, 0.25) is 0 Å². The molecule has 3 rings (SSSR count). The first kappa shape index (κ1) is 16.2. The van der Waals surface area contributed by atoms with E-state index in [0.717, 1.165) is 25.9 Å². The van der Waals surface area contributed by atoms with Crippen LogP contribution < -0.4 is 5.32 Å². The zero-order valence-corrected chi connectivity index (χ0v) is 14.0. The van der Waals surface area contributed by atoms with Crippen LogP contribution >= 0.6 is 0 Å². The summed E-state index contributed by atoms with van der Waals surface area (Å²) in [4.78, 5) is 27.1. The Morgan fingerprint density at radius 2 is 1.83 bits per heavy atom. The summed E-state index contributed by atoms with van der Waals surface area (Å²) < 4.78 is 1.69. The van der Waals surface area contributed by atoms with Crippen molar-refractivity contribution in [2.75, 3.05) is 19.6 Å². The van der Waals surface area contributed by atoms with Gasteiger partial charge in [-0.2, -0.15) is 0 Å². The molecule has 2 fully saturated rings. The van der Waals surface area contributed by atoms with Gasteiger partial charge in [-0.3, -0.25) is 14.5 Å². The highest BCUT2D eigenvalue weighted by molar-refractivity contribution is 6.42. The van der Waals surface area contributed by atoms with Gasteiger partial charge >= 0.3 is 0 Å². The molecule has 0 atom stereocenters. The first-order chi connectivity index (χ1) is 11.1. The van der Waals surface area contributed by atoms with Crippen LogP contribution in [0.15, 0.2) is 18.3 Å². The fraction of sp³-hybridized carbons (Fsp3) is 0.667. The molecule has 5 heteroatoms. The Hall–Kier alpha value is -1.62. The van der Waals surface area contributed by atoms with Gasteiger partial charge in [-0.1, -0.05) is 19.3 Å². The summed E-state index contributed by atoms with van der Waals surface area (Å²) in [7, 11) is 1.78. The van der Waals surface area contributed by atoms with E-state index in [2.05, 4.69) is 10.2 Å². The molecule has 1 saturated heterocycles. The van der Waals surface area contributed by atoms with Crippen molar-refractivity contribution >= 4 is 11.7 Å². The maximum Gasteiger partial charge on any atom is 0.294 e. The van der Waals surface area contributed by atoms with Gasteiger partial charge < -0.3 is 9.88 Å². The third kappa shape index (κ3) is 3.34. The third-order valence-corrected chi connectivity index (χ3v) is 5.52. The monoisotopic (exact) mass is 317 g/mol. The summed E-state index contributed by atoms with van der Waals surface area (Å²) in [6, 6.07) is 3.48. The van der Waals surface area contributed by atoms with E-state index < -0.39 is 11.7 Å². The summed E-state index contributed by atoms with van der Waals surface area (Å²) in [5.41, 5.74) is 0.519. The van der Waals surface area contributed by atoms with Gasteiger partial charge in [0.25, 0.3) is 11.7 Å². The molecule has 1 aromatic rings. The number of carbonyl (C=O) groups excluding carboxylic acids is 2. The second-order valence-corrected chi connectivity index (χ2v) is 7.00. The Labute approximate surface area is 138 Å². The Kier molecular flexibility index (Phi) is 4.85. The quantitative estimate of drug-likeness (QED) is 0.668. The van der Waals surface area contributed by atoms with Gasteiger partial charge in [-0.25, -0.2) is 0 Å². The van der Waals surface area contributed by atoms with E-state index in [4.69, 9.17) is 0 Å². The van der Waals surface area contributed by atoms with Crippen LogP contribution in [0.1, 0.15) is 55.4 Å². The molecule has 1 aromatic heterocycles. The molecular weight excluding hydrogens is 290 g/mol. The summed E-state index contributed by atoms with van der Waals surface area (Å²) >= 11 is 0. The molecule has 0 unspecified atom stereocenters. The number of ketones is 1. The highest BCUT2D eigenvalue weighted by atomic mass is 16.2. The second kappa shape index (κ2) is 6.87. The Morgan fingerprint density at radius 3 is 2.43 bits per heavy atom. The van der Waals surface area contributed by atoms with Gasteiger partial charge in [-0.15, -0.1) is 0 Å². The number of aryl methyl sites for hydroxylation is 1. The molecule has 0 bridgehead atoms. The molecule has 2 heterocycles. The normalized spacial score (nSPS) is 21.3. The standard InChI is InChI=1S/C18H27N3O2/c1-20-11-7-8-15(20)16(22)17(23)19-14-18(9-3-4-10-18)21-12-5-2-6-13-21/h7-8,11H,2-6,9-10,12-14H2,1H3,(H,19,23). The molecule has 1 N–H and O–H groups in total. The molecule has 1 saturated carbocycles. The number of carbonyl (C=O) groups is 2. The number of piperidine rings is 1. The van der Waals surface area contributed by atoms with Crippen LogP contribution in [0.3, 0.4) is 0 Å². The molecule has 0 radical (unpaired) electrons. The van der Waals surface area contributed by atoms with Gasteiger partial charge in [0.05, 0.1) is 5.69 Å². The van der Waals surface area contributed by atoms with Crippen LogP contribution in [0.2, 0.25) is 0 Å². The zero-order valence-electron chi connectivity index (χ0n) is 14.0. The largest absolute Gasteiger partial charge is 0.348 e. The lowest BCUT2D eigenvalue weighted by atomic mass is 9.92. The number of likely N-dealkylation sites (tertiary alicyclic amines) is 1. The average molecular weight is 317 g/mol. The number of nitrogens with one attached hydrogen (secondary N) is 1. The van der Waals surface area contributed by atoms with Crippen molar-refractivity contribution < 1.29 is 9.59 Å². The lowest BCUT2D eigenvalue weighted by molar-refractivity contribution is -0.117. The van der Waals surface area contributed by atoms with Crippen LogP contribution in [0.5, 0.6) is 0 Å². The molecule has 0 aromatic carbocycles. The SMILES string of the molecule is Cn1cccc1C(=O)C(=O)NCC1(N2CCCCC2)CCCC1. The average Bonchev–Trinajstić information content (AvgIpc) is 3.22. The third-order valence-electron chi connectivity index (χ3n) is 5.52. The zero-order chi connectivity index (χ0) is 16.3. The molecule has 1 amide bonds. The molecule has 5 nitrogen and oxygen atoms in total. The van der Waals surface area contributed by atoms with Crippen LogP contribution in [0, 0.1) is 0 Å². The summed E-state index contributed by atoms with van der Waals surface area (Å²) in [6.07, 6.45) is 10.3. The minimum atomic E-state index is -0.477. The minimum Gasteiger partial charge on any atom is -0.348 e. The van der Waals surface area contributed by atoms with E-state index in [-0.39, 0.29) is 5.54 Å². The maximum absolute atomic E-state index is 12.3. The molecule has 0 spiro atoms. The number of Topliss-reactive ketones (excluding diaryl/α,β-unsaturated/α-hetero) is 1. The van der Waals surface area contributed by atoms with Crippen molar-refractivity contribution in [2.45, 2.75) is 50.5 Å². The number of hydrogen-bond acceptors (Lipinski definition) is 3. The number of rotatable bonds is 5. The topological polar surface area (TPSA) is 54.3 Å². The molecule has 2 aliphatic rings. The van der Waals surface area contributed by atoms with Gasteiger partial charge in [0.15, 0.2) is 0 Å². The summed E-state index contributed by atoms with van der Waals surface area (Å²) in [6.45, 7) is 2.85. The lowest BCUT2D eigenvalue weighted by Gasteiger charge is -2.43. The van der Waals surface area contributed by atoms with E-state index in [1.54, 1.807) is 29.9 Å². The summed E-state index contributed by atoms with van der Waals surface area (Å²) in [5, 5.41) is 2.93. The van der Waals surface area contributed by atoms with Crippen LogP contribution in [0.4, 0.5) is 0 Å². The minimum absolute atomic E-state index is 0.0740. The maximum atomic E-state index is 12.3. The van der Waals surface area contributed by atoms with Gasteiger partial charge in [-0.05, 0) is 50.9 Å². The van der Waals surface area contributed by atoms with Crippen molar-refractivity contribution in [2.24, 2.45) is 7.05 Å². The molecule has 126 valence electrons. The molecule has 1 aliphatic heterocycles. The highest BCUT2D eigenvalue weighted by Gasteiger charge is 2.40. The van der Waals surface area contributed by atoms with Crippen molar-refractivity contribution in [3.8, 4) is 0 Å². The van der Waals surface area contributed by atoms with E-state index in [1.807, 2.05) is 0 Å². The Bertz CT molecular complexity index is 567. The van der Waals surface area contributed by atoms with Crippen molar-refractivity contribution in [1.82, 2.24) is 14.8 Å². The van der Waals surface area contributed by atoms with E-state index >= 15 is 0 Å². The van der Waals surface area contributed by atoms with Gasteiger partial charge in [0.1, 0.15) is 0 Å². The molecule has 23 heavy (non-hydrogen) atoms. The summed E-state index contributed by atoms with van der Waals surface area (Å²) in [5.74, 6) is -0.917. The van der Waals surface area contributed by atoms with Crippen LogP contribution in [-0.2, 0) is 11.8 Å². The fourth-order valence-electron chi connectivity index (χ4n) is 4.14. The van der Waals surface area contributed by atoms with Crippen molar-refractivity contribution in [3.05, 3.63) is 24.0 Å².